The number of aliphatic hydroxyl groups excluding tert-OH is 1. The fourth-order valence-electron chi connectivity index (χ4n) is 5.04. The minimum atomic E-state index is -4.56. The lowest BCUT2D eigenvalue weighted by atomic mass is 9.99. The lowest BCUT2D eigenvalue weighted by molar-refractivity contribution is -0.137. The van der Waals surface area contributed by atoms with E-state index in [-0.39, 0.29) is 36.2 Å². The molecule has 1 aliphatic rings. The quantitative estimate of drug-likeness (QED) is 0.213. The van der Waals surface area contributed by atoms with Gasteiger partial charge in [0.2, 0.25) is 0 Å². The van der Waals surface area contributed by atoms with Crippen LogP contribution in [0.1, 0.15) is 55.4 Å². The number of alkyl halides is 3. The average Bonchev–Trinajstić information content (AvgIpc) is 3.79. The summed E-state index contributed by atoms with van der Waals surface area (Å²) >= 11 is 1.51. The Kier molecular flexibility index (Phi) is 9.83. The number of carbonyl (C=O) groups excluding carboxylic acids is 2. The summed E-state index contributed by atoms with van der Waals surface area (Å²) in [4.78, 5) is 38.6. The molecule has 0 radical (unpaired) electrons. The highest BCUT2D eigenvalue weighted by molar-refractivity contribution is 7.09. The number of aryl methyl sites for hydroxylation is 1. The first-order valence-corrected chi connectivity index (χ1v) is 15.4. The Morgan fingerprint density at radius 3 is 2.47 bits per heavy atom. The molecule has 0 saturated heterocycles. The fourth-order valence-corrected chi connectivity index (χ4v) is 5.81. The van der Waals surface area contributed by atoms with E-state index in [4.69, 9.17) is 0 Å². The van der Waals surface area contributed by atoms with Gasteiger partial charge in [0.15, 0.2) is 0 Å². The number of amides is 2. The van der Waals surface area contributed by atoms with Crippen molar-refractivity contribution in [2.75, 3.05) is 18.5 Å². The molecule has 2 aromatic heterocycles. The van der Waals surface area contributed by atoms with Crippen LogP contribution in [0.25, 0.3) is 0 Å². The molecule has 236 valence electrons. The highest BCUT2D eigenvalue weighted by Gasteiger charge is 2.34. The zero-order valence-electron chi connectivity index (χ0n) is 24.9. The Balaban J connectivity index is 1.32. The van der Waals surface area contributed by atoms with Crippen molar-refractivity contribution in [2.45, 2.75) is 57.1 Å². The van der Waals surface area contributed by atoms with Crippen LogP contribution in [0.4, 0.5) is 18.9 Å². The van der Waals surface area contributed by atoms with Crippen molar-refractivity contribution in [3.8, 4) is 0 Å². The Morgan fingerprint density at radius 2 is 1.80 bits per heavy atom. The van der Waals surface area contributed by atoms with E-state index < -0.39 is 29.8 Å². The van der Waals surface area contributed by atoms with Gasteiger partial charge in [-0.15, -0.1) is 11.3 Å². The minimum absolute atomic E-state index is 0.0775. The third-order valence-corrected chi connectivity index (χ3v) is 8.58. The molecule has 0 bridgehead atoms. The first-order valence-electron chi connectivity index (χ1n) is 14.6. The Hall–Kier alpha value is -4.29. The van der Waals surface area contributed by atoms with E-state index in [9.17, 15) is 27.9 Å². The monoisotopic (exact) mass is 637 g/mol. The fraction of sp³-hybridized carbons (Fsp3) is 0.333. The second-order valence-corrected chi connectivity index (χ2v) is 12.2. The van der Waals surface area contributed by atoms with Crippen LogP contribution in [-0.4, -0.2) is 63.6 Å². The molecule has 1 saturated carbocycles. The molecule has 4 aromatic rings. The van der Waals surface area contributed by atoms with Gasteiger partial charge in [-0.25, -0.2) is 4.98 Å². The number of hydrogen-bond acceptors (Lipinski definition) is 7. The van der Waals surface area contributed by atoms with Crippen LogP contribution in [0.3, 0.4) is 0 Å². The number of likely N-dealkylation sites (N-methyl/N-ethyl adjacent to an activating group) is 1. The molecular weight excluding hydrogens is 603 g/mol. The summed E-state index contributed by atoms with van der Waals surface area (Å²) < 4.78 is 39.8. The predicted molar refractivity (Wildman–Crippen MR) is 166 cm³/mol. The summed E-state index contributed by atoms with van der Waals surface area (Å²) in [5, 5.41) is 17.0. The molecule has 0 aliphatic heterocycles. The topological polar surface area (TPSA) is 98.7 Å². The zero-order chi connectivity index (χ0) is 32.1. The first kappa shape index (κ1) is 32.1. The molecule has 2 aromatic carbocycles. The van der Waals surface area contributed by atoms with Crippen molar-refractivity contribution in [1.82, 2.24) is 20.2 Å². The number of anilines is 1. The molecule has 2 amide bonds. The van der Waals surface area contributed by atoms with Crippen LogP contribution >= 0.6 is 11.3 Å². The standard InChI is InChI=1S/C33H34F3N5O3S/c1-21-20-45-30(38-21)19-41(26-11-12-26)32(44)24-10-6-9-23(14-24)31(43)39-28(13-22-7-4-3-5-8-22)29(42)18-40(2)27-15-25(16-37-17-27)33(34,35)36/h3-10,14-17,20,26,28-29,42H,11-13,18-19H2,1-2H3,(H,39,43)/t28-,29+/m0/s1. The van der Waals surface area contributed by atoms with E-state index in [2.05, 4.69) is 15.3 Å². The largest absolute Gasteiger partial charge is 0.417 e. The van der Waals surface area contributed by atoms with Gasteiger partial charge in [0.25, 0.3) is 11.8 Å². The molecule has 1 fully saturated rings. The maximum absolute atomic E-state index is 13.6. The van der Waals surface area contributed by atoms with E-state index in [1.54, 1.807) is 36.2 Å². The third kappa shape index (κ3) is 8.46. The van der Waals surface area contributed by atoms with Gasteiger partial charge >= 0.3 is 6.18 Å². The normalized spacial score (nSPS) is 14.4. The number of aromatic nitrogens is 2. The number of pyridine rings is 1. The van der Waals surface area contributed by atoms with Gasteiger partial charge in [-0.3, -0.25) is 14.6 Å². The molecule has 1 aliphatic carbocycles. The molecule has 0 unspecified atom stereocenters. The highest BCUT2D eigenvalue weighted by Crippen LogP contribution is 2.32. The molecule has 8 nitrogen and oxygen atoms in total. The van der Waals surface area contributed by atoms with E-state index >= 15 is 0 Å². The highest BCUT2D eigenvalue weighted by atomic mass is 32.1. The molecule has 2 heterocycles. The molecule has 0 spiro atoms. The van der Waals surface area contributed by atoms with Gasteiger partial charge in [-0.1, -0.05) is 36.4 Å². The lowest BCUT2D eigenvalue weighted by Gasteiger charge is -2.29. The number of hydrogen-bond donors (Lipinski definition) is 2. The second kappa shape index (κ2) is 13.8. The molecule has 45 heavy (non-hydrogen) atoms. The summed E-state index contributed by atoms with van der Waals surface area (Å²) in [7, 11) is 1.55. The van der Waals surface area contributed by atoms with Gasteiger partial charge in [0.1, 0.15) is 5.01 Å². The van der Waals surface area contributed by atoms with Crippen LogP contribution in [0.5, 0.6) is 0 Å². The molecule has 2 atom stereocenters. The summed E-state index contributed by atoms with van der Waals surface area (Å²) in [5.74, 6) is -0.668. The number of halogens is 3. The maximum Gasteiger partial charge on any atom is 0.417 e. The van der Waals surface area contributed by atoms with Crippen molar-refractivity contribution in [3.05, 3.63) is 111 Å². The van der Waals surface area contributed by atoms with Gasteiger partial charge in [-0.05, 0) is 56.0 Å². The van der Waals surface area contributed by atoms with Crippen LogP contribution in [0.15, 0.2) is 78.4 Å². The minimum Gasteiger partial charge on any atom is -0.389 e. The molecule has 5 rings (SSSR count). The van der Waals surface area contributed by atoms with Crippen LogP contribution < -0.4 is 10.2 Å². The van der Waals surface area contributed by atoms with Crippen LogP contribution in [-0.2, 0) is 19.1 Å². The number of aliphatic hydroxyl groups is 1. The van der Waals surface area contributed by atoms with Crippen LogP contribution in [0, 0.1) is 6.92 Å². The van der Waals surface area contributed by atoms with E-state index in [1.165, 1.54) is 22.4 Å². The van der Waals surface area contributed by atoms with Gasteiger partial charge in [0.05, 0.1) is 36.1 Å². The first-order chi connectivity index (χ1) is 21.5. The van der Waals surface area contributed by atoms with E-state index in [0.29, 0.717) is 12.1 Å². The number of nitrogens with zero attached hydrogens (tertiary/aromatic N) is 4. The van der Waals surface area contributed by atoms with Crippen molar-refractivity contribution >= 4 is 28.8 Å². The van der Waals surface area contributed by atoms with Gasteiger partial charge in [0, 0.05) is 48.0 Å². The SMILES string of the molecule is Cc1csc(CN(C(=O)c2cccc(C(=O)N[C@@H](Cc3ccccc3)[C@H](O)CN(C)c3cncc(C(F)(F)F)c3)c2)C2CC2)n1. The number of carbonyl (C=O) groups is 2. The lowest BCUT2D eigenvalue weighted by Crippen LogP contribution is -2.49. The van der Waals surface area contributed by atoms with Crippen molar-refractivity contribution in [1.29, 1.82) is 0 Å². The Bertz CT molecular complexity index is 1630. The number of benzene rings is 2. The molecule has 2 N–H and O–H groups in total. The number of nitrogens with one attached hydrogen (secondary N) is 1. The molecule has 12 heteroatoms. The summed E-state index contributed by atoms with van der Waals surface area (Å²) in [6, 6.07) is 16.0. The second-order valence-electron chi connectivity index (χ2n) is 11.3. The van der Waals surface area contributed by atoms with E-state index in [0.717, 1.165) is 41.4 Å². The van der Waals surface area contributed by atoms with Crippen molar-refractivity contribution < 1.29 is 27.9 Å². The van der Waals surface area contributed by atoms with Gasteiger partial charge < -0.3 is 20.2 Å². The summed E-state index contributed by atoms with van der Waals surface area (Å²) in [6.45, 7) is 2.23. The Morgan fingerprint density at radius 1 is 1.07 bits per heavy atom. The summed E-state index contributed by atoms with van der Waals surface area (Å²) in [5.41, 5.74) is 1.66. The smallest absolute Gasteiger partial charge is 0.389 e. The van der Waals surface area contributed by atoms with Gasteiger partial charge in [-0.2, -0.15) is 13.2 Å². The Labute approximate surface area is 263 Å². The number of rotatable bonds is 12. The van der Waals surface area contributed by atoms with Crippen molar-refractivity contribution in [2.24, 2.45) is 0 Å². The van der Waals surface area contributed by atoms with Crippen molar-refractivity contribution in [3.63, 3.8) is 0 Å². The number of thiazole rings is 1. The summed E-state index contributed by atoms with van der Waals surface area (Å²) in [6.07, 6.45) is -1.59. The predicted octanol–water partition coefficient (Wildman–Crippen LogP) is 5.51. The molecular formula is C33H34F3N5O3S. The third-order valence-electron chi connectivity index (χ3n) is 7.62. The average molecular weight is 638 g/mol. The van der Waals surface area contributed by atoms with Crippen LogP contribution in [0.2, 0.25) is 0 Å². The maximum atomic E-state index is 13.6. The van der Waals surface area contributed by atoms with E-state index in [1.807, 2.05) is 42.6 Å². The zero-order valence-corrected chi connectivity index (χ0v) is 25.7.